The van der Waals surface area contributed by atoms with Gasteiger partial charge in [0, 0.05) is 24.2 Å². The van der Waals surface area contributed by atoms with Gasteiger partial charge in [-0.2, -0.15) is 5.10 Å². The van der Waals surface area contributed by atoms with Gasteiger partial charge >= 0.3 is 0 Å². The predicted octanol–water partition coefficient (Wildman–Crippen LogP) is 3.42. The van der Waals surface area contributed by atoms with Crippen molar-refractivity contribution in [2.45, 2.75) is 0 Å². The Balaban J connectivity index is 1.63. The van der Waals surface area contributed by atoms with E-state index in [2.05, 4.69) is 16.4 Å². The molecule has 4 rings (SSSR count). The lowest BCUT2D eigenvalue weighted by molar-refractivity contribution is 0.0951. The van der Waals surface area contributed by atoms with E-state index in [1.54, 1.807) is 11.3 Å². The Labute approximate surface area is 167 Å². The quantitative estimate of drug-likeness (QED) is 0.547. The highest BCUT2D eigenvalue weighted by Crippen LogP contribution is 2.26. The topological polar surface area (TPSA) is 62.5 Å². The van der Waals surface area contributed by atoms with Crippen molar-refractivity contribution < 1.29 is 4.79 Å². The van der Waals surface area contributed by atoms with Gasteiger partial charge in [0.1, 0.15) is 5.69 Å². The first kappa shape index (κ1) is 18.3. The maximum atomic E-state index is 12.4. The van der Waals surface area contributed by atoms with Gasteiger partial charge in [-0.1, -0.05) is 18.2 Å². The molecule has 0 spiro atoms. The fraction of sp³-hybridized carbons (Fsp3) is 0.190. The van der Waals surface area contributed by atoms with Crippen LogP contribution in [0.25, 0.3) is 27.5 Å². The van der Waals surface area contributed by atoms with Crippen molar-refractivity contribution in [1.82, 2.24) is 24.8 Å². The van der Waals surface area contributed by atoms with Crippen LogP contribution in [-0.4, -0.2) is 52.6 Å². The molecule has 6 nitrogen and oxygen atoms in total. The molecule has 0 unspecified atom stereocenters. The molecule has 0 bridgehead atoms. The molecule has 0 radical (unpaired) electrons. The molecule has 7 heteroatoms. The minimum atomic E-state index is -0.0771. The lowest BCUT2D eigenvalue weighted by Crippen LogP contribution is -2.31. The number of amides is 1. The highest BCUT2D eigenvalue weighted by atomic mass is 32.1. The molecule has 0 atom stereocenters. The minimum Gasteiger partial charge on any atom is -0.351 e. The molecule has 1 aromatic carbocycles. The molecule has 0 saturated heterocycles. The number of carbonyl (C=O) groups excluding carboxylic acids is 1. The number of imidazole rings is 1. The second-order valence-corrected chi connectivity index (χ2v) is 7.70. The molecule has 28 heavy (non-hydrogen) atoms. The van der Waals surface area contributed by atoms with Crippen LogP contribution in [0.2, 0.25) is 0 Å². The molecule has 1 N–H and O–H groups in total. The smallest absolute Gasteiger partial charge is 0.251 e. The van der Waals surface area contributed by atoms with Gasteiger partial charge in [0.15, 0.2) is 5.65 Å². The molecular formula is C21H21N5OS. The van der Waals surface area contributed by atoms with Crippen LogP contribution in [-0.2, 0) is 0 Å². The van der Waals surface area contributed by atoms with Crippen molar-refractivity contribution in [2.75, 3.05) is 27.2 Å². The second-order valence-electron chi connectivity index (χ2n) is 6.75. The van der Waals surface area contributed by atoms with E-state index >= 15 is 0 Å². The van der Waals surface area contributed by atoms with Crippen LogP contribution < -0.4 is 5.32 Å². The number of nitrogens with zero attached hydrogens (tertiary/aromatic N) is 4. The Morgan fingerprint density at radius 2 is 2.07 bits per heavy atom. The fourth-order valence-corrected chi connectivity index (χ4v) is 3.66. The van der Waals surface area contributed by atoms with E-state index in [9.17, 15) is 4.79 Å². The molecule has 1 amide bonds. The number of nitrogens with one attached hydrogen (secondary N) is 1. The molecule has 0 fully saturated rings. The third-order valence-corrected chi connectivity index (χ3v) is 5.29. The summed E-state index contributed by atoms with van der Waals surface area (Å²) in [4.78, 5) is 20.0. The van der Waals surface area contributed by atoms with Gasteiger partial charge in [-0.15, -0.1) is 11.3 Å². The molecule has 0 saturated carbocycles. The standard InChI is InChI=1S/C21H21N5OS/c1-25(2)11-10-22-21(27)16-6-3-5-15(13-16)17-8-9-20-23-14-18(26(20)24-17)19-7-4-12-28-19/h3-9,12-14H,10-11H2,1-2H3,(H,22,27). The molecule has 3 heterocycles. The summed E-state index contributed by atoms with van der Waals surface area (Å²) in [5, 5.41) is 9.76. The number of likely N-dealkylation sites (N-methyl/N-ethyl adjacent to an activating group) is 1. The van der Waals surface area contributed by atoms with E-state index in [4.69, 9.17) is 5.10 Å². The number of fused-ring (bicyclic) bond motifs is 1. The summed E-state index contributed by atoms with van der Waals surface area (Å²) in [6.45, 7) is 1.41. The van der Waals surface area contributed by atoms with Crippen LogP contribution in [0.1, 0.15) is 10.4 Å². The van der Waals surface area contributed by atoms with E-state index in [1.165, 1.54) is 0 Å². The van der Waals surface area contributed by atoms with Crippen molar-refractivity contribution in [3.63, 3.8) is 0 Å². The van der Waals surface area contributed by atoms with Crippen molar-refractivity contribution >= 4 is 22.9 Å². The summed E-state index contributed by atoms with van der Waals surface area (Å²) < 4.78 is 1.85. The van der Waals surface area contributed by atoms with E-state index < -0.39 is 0 Å². The van der Waals surface area contributed by atoms with Gasteiger partial charge in [-0.3, -0.25) is 4.79 Å². The zero-order valence-corrected chi connectivity index (χ0v) is 16.6. The third kappa shape index (κ3) is 3.81. The van der Waals surface area contributed by atoms with Crippen molar-refractivity contribution in [3.8, 4) is 21.8 Å². The van der Waals surface area contributed by atoms with E-state index in [0.29, 0.717) is 12.1 Å². The van der Waals surface area contributed by atoms with Crippen LogP contribution >= 0.6 is 11.3 Å². The normalized spacial score (nSPS) is 11.2. The maximum absolute atomic E-state index is 12.4. The van der Waals surface area contributed by atoms with Gasteiger partial charge in [0.2, 0.25) is 0 Å². The zero-order chi connectivity index (χ0) is 19.5. The Bertz CT molecular complexity index is 1100. The van der Waals surface area contributed by atoms with Crippen LogP contribution in [0, 0.1) is 0 Å². The fourth-order valence-electron chi connectivity index (χ4n) is 2.93. The van der Waals surface area contributed by atoms with Gasteiger partial charge in [0.25, 0.3) is 5.91 Å². The number of benzene rings is 1. The van der Waals surface area contributed by atoms with Gasteiger partial charge in [0.05, 0.1) is 16.8 Å². The van der Waals surface area contributed by atoms with Gasteiger partial charge in [-0.25, -0.2) is 9.50 Å². The molecule has 0 aliphatic heterocycles. The SMILES string of the molecule is CN(C)CCNC(=O)c1cccc(-c2ccc3ncc(-c4cccs4)n3n2)c1. The van der Waals surface area contributed by atoms with Gasteiger partial charge < -0.3 is 10.2 Å². The molecule has 0 aliphatic rings. The molecular weight excluding hydrogens is 370 g/mol. The molecule has 0 aliphatic carbocycles. The molecule has 4 aromatic rings. The maximum Gasteiger partial charge on any atom is 0.251 e. The average molecular weight is 392 g/mol. The molecule has 142 valence electrons. The highest BCUT2D eigenvalue weighted by Gasteiger charge is 2.11. The number of rotatable bonds is 6. The Morgan fingerprint density at radius 1 is 1.18 bits per heavy atom. The average Bonchev–Trinajstić information content (AvgIpc) is 3.36. The third-order valence-electron chi connectivity index (χ3n) is 4.40. The van der Waals surface area contributed by atoms with Gasteiger partial charge in [-0.05, 0) is 49.8 Å². The van der Waals surface area contributed by atoms with E-state index in [-0.39, 0.29) is 5.91 Å². The Hall–Kier alpha value is -3.03. The summed E-state index contributed by atoms with van der Waals surface area (Å²) in [5.74, 6) is -0.0771. The highest BCUT2D eigenvalue weighted by molar-refractivity contribution is 7.13. The van der Waals surface area contributed by atoms with E-state index in [0.717, 1.165) is 34.0 Å². The first-order valence-electron chi connectivity index (χ1n) is 9.04. The van der Waals surface area contributed by atoms with Crippen LogP contribution in [0.15, 0.2) is 60.1 Å². The summed E-state index contributed by atoms with van der Waals surface area (Å²) in [7, 11) is 3.96. The number of aromatic nitrogens is 3. The van der Waals surface area contributed by atoms with Crippen LogP contribution in [0.3, 0.4) is 0 Å². The van der Waals surface area contributed by atoms with Crippen LogP contribution in [0.4, 0.5) is 0 Å². The van der Waals surface area contributed by atoms with Crippen LogP contribution in [0.5, 0.6) is 0 Å². The summed E-state index contributed by atoms with van der Waals surface area (Å²) in [6, 6.07) is 15.5. The number of thiophene rings is 1. The first-order chi connectivity index (χ1) is 13.6. The Morgan fingerprint density at radius 3 is 2.86 bits per heavy atom. The Kier molecular flexibility index (Phi) is 5.18. The van der Waals surface area contributed by atoms with E-state index in [1.807, 2.05) is 77.6 Å². The number of hydrogen-bond acceptors (Lipinski definition) is 5. The monoisotopic (exact) mass is 391 g/mol. The number of hydrogen-bond donors (Lipinski definition) is 1. The van der Waals surface area contributed by atoms with Crippen molar-refractivity contribution in [1.29, 1.82) is 0 Å². The van der Waals surface area contributed by atoms with Crippen molar-refractivity contribution in [2.24, 2.45) is 0 Å². The van der Waals surface area contributed by atoms with Crippen molar-refractivity contribution in [3.05, 3.63) is 65.7 Å². The summed E-state index contributed by atoms with van der Waals surface area (Å²) in [5.41, 5.74) is 4.08. The second kappa shape index (κ2) is 7.92. The first-order valence-corrected chi connectivity index (χ1v) is 9.92. The summed E-state index contributed by atoms with van der Waals surface area (Å²) >= 11 is 1.66. The minimum absolute atomic E-state index is 0.0771. The lowest BCUT2D eigenvalue weighted by atomic mass is 10.1. The molecule has 3 aromatic heterocycles. The predicted molar refractivity (Wildman–Crippen MR) is 113 cm³/mol. The summed E-state index contributed by atoms with van der Waals surface area (Å²) in [6.07, 6.45) is 1.84. The largest absolute Gasteiger partial charge is 0.351 e. The lowest BCUT2D eigenvalue weighted by Gasteiger charge is -2.11. The number of carbonyl (C=O) groups is 1. The zero-order valence-electron chi connectivity index (χ0n) is 15.8.